The SMILES string of the molecule is C#C[C@]1(CO)O[C@@H](n2cnc3nc(F)nc(NC(=O)OC(C)(C)C)c32)C[C@@H]1O. The molecule has 3 N–H and O–H groups in total. The Hall–Kier alpha value is -2.81. The summed E-state index contributed by atoms with van der Waals surface area (Å²) >= 11 is 0. The van der Waals surface area contributed by atoms with Crippen molar-refractivity contribution < 1.29 is 28.9 Å². The third-order valence-corrected chi connectivity index (χ3v) is 4.12. The van der Waals surface area contributed by atoms with Crippen LogP contribution in [0, 0.1) is 18.4 Å². The molecule has 3 atom stereocenters. The average molecular weight is 393 g/mol. The van der Waals surface area contributed by atoms with Crippen molar-refractivity contribution in [2.45, 2.75) is 50.7 Å². The average Bonchev–Trinajstić information content (AvgIpc) is 3.14. The van der Waals surface area contributed by atoms with E-state index in [0.29, 0.717) is 0 Å². The maximum atomic E-state index is 13.8. The topological polar surface area (TPSA) is 132 Å². The number of carbonyl (C=O) groups is 1. The molecule has 2 aromatic rings. The van der Waals surface area contributed by atoms with Crippen LogP contribution < -0.4 is 5.32 Å². The summed E-state index contributed by atoms with van der Waals surface area (Å²) in [5.41, 5.74) is -2.25. The zero-order valence-electron chi connectivity index (χ0n) is 15.5. The fourth-order valence-corrected chi connectivity index (χ4v) is 2.86. The lowest BCUT2D eigenvalue weighted by molar-refractivity contribution is -0.0890. The molecule has 28 heavy (non-hydrogen) atoms. The first-order valence-electron chi connectivity index (χ1n) is 8.43. The lowest BCUT2D eigenvalue weighted by Gasteiger charge is -2.24. The molecule has 0 bridgehead atoms. The van der Waals surface area contributed by atoms with Gasteiger partial charge in [0.15, 0.2) is 17.1 Å². The molecule has 0 aliphatic carbocycles. The van der Waals surface area contributed by atoms with Gasteiger partial charge >= 0.3 is 12.2 Å². The maximum absolute atomic E-state index is 13.8. The van der Waals surface area contributed by atoms with Gasteiger partial charge in [-0.05, 0) is 20.8 Å². The first kappa shape index (κ1) is 19.9. The number of aliphatic hydroxyl groups is 2. The van der Waals surface area contributed by atoms with E-state index in [9.17, 15) is 19.4 Å². The number of hydrogen-bond acceptors (Lipinski definition) is 8. The molecule has 10 nitrogen and oxygen atoms in total. The van der Waals surface area contributed by atoms with Crippen molar-refractivity contribution in [2.24, 2.45) is 0 Å². The van der Waals surface area contributed by atoms with Crippen molar-refractivity contribution in [3.8, 4) is 12.3 Å². The highest BCUT2D eigenvalue weighted by molar-refractivity contribution is 5.93. The zero-order chi connectivity index (χ0) is 20.7. The van der Waals surface area contributed by atoms with Gasteiger partial charge in [-0.1, -0.05) is 5.92 Å². The molecule has 0 radical (unpaired) electrons. The van der Waals surface area contributed by atoms with E-state index in [2.05, 4.69) is 26.2 Å². The third kappa shape index (κ3) is 3.62. The van der Waals surface area contributed by atoms with Gasteiger partial charge in [-0.25, -0.2) is 9.78 Å². The number of fused-ring (bicyclic) bond motifs is 1. The van der Waals surface area contributed by atoms with Crippen LogP contribution in [0.2, 0.25) is 0 Å². The van der Waals surface area contributed by atoms with Gasteiger partial charge in [0.25, 0.3) is 0 Å². The summed E-state index contributed by atoms with van der Waals surface area (Å²) in [5, 5.41) is 22.1. The number of aromatic nitrogens is 4. The highest BCUT2D eigenvalue weighted by Gasteiger charge is 2.47. The van der Waals surface area contributed by atoms with Crippen molar-refractivity contribution >= 4 is 23.1 Å². The Labute approximate surface area is 159 Å². The van der Waals surface area contributed by atoms with Crippen molar-refractivity contribution in [3.05, 3.63) is 12.4 Å². The molecule has 1 aliphatic rings. The normalized spacial score (nSPS) is 24.9. The van der Waals surface area contributed by atoms with Crippen LogP contribution in [-0.4, -0.2) is 59.7 Å². The molecular formula is C17H20FN5O5. The van der Waals surface area contributed by atoms with E-state index in [1.165, 1.54) is 10.9 Å². The fourth-order valence-electron chi connectivity index (χ4n) is 2.86. The van der Waals surface area contributed by atoms with Crippen LogP contribution in [0.5, 0.6) is 0 Å². The monoisotopic (exact) mass is 393 g/mol. The van der Waals surface area contributed by atoms with Crippen molar-refractivity contribution in [1.82, 2.24) is 19.5 Å². The first-order chi connectivity index (χ1) is 13.1. The number of carbonyl (C=O) groups excluding carboxylic acids is 1. The number of ether oxygens (including phenoxy) is 2. The summed E-state index contributed by atoms with van der Waals surface area (Å²) in [6, 6.07) is 0. The second-order valence-corrected chi connectivity index (χ2v) is 7.31. The number of nitrogens with one attached hydrogen (secondary N) is 1. The smallest absolute Gasteiger partial charge is 0.413 e. The van der Waals surface area contributed by atoms with Gasteiger partial charge in [-0.15, -0.1) is 6.42 Å². The Kier molecular flexibility index (Phi) is 4.97. The third-order valence-electron chi connectivity index (χ3n) is 4.12. The van der Waals surface area contributed by atoms with Gasteiger partial charge in [0.05, 0.1) is 12.9 Å². The Balaban J connectivity index is 2.00. The van der Waals surface area contributed by atoms with Gasteiger partial charge < -0.3 is 19.7 Å². The Morgan fingerprint density at radius 2 is 2.29 bits per heavy atom. The van der Waals surface area contributed by atoms with Crippen LogP contribution in [0.15, 0.2) is 6.33 Å². The van der Waals surface area contributed by atoms with Gasteiger partial charge in [0, 0.05) is 6.42 Å². The predicted molar refractivity (Wildman–Crippen MR) is 94.5 cm³/mol. The quantitative estimate of drug-likeness (QED) is 0.519. The van der Waals surface area contributed by atoms with E-state index in [4.69, 9.17) is 15.9 Å². The zero-order valence-corrected chi connectivity index (χ0v) is 15.5. The van der Waals surface area contributed by atoms with E-state index in [0.717, 1.165) is 0 Å². The number of hydrogen-bond donors (Lipinski definition) is 3. The summed E-state index contributed by atoms with van der Waals surface area (Å²) < 4.78 is 26.0. The minimum absolute atomic E-state index is 0.0273. The summed E-state index contributed by atoms with van der Waals surface area (Å²) in [7, 11) is 0. The Bertz CT molecular complexity index is 950. The van der Waals surface area contributed by atoms with Gasteiger partial charge in [0.2, 0.25) is 0 Å². The van der Waals surface area contributed by atoms with Crippen molar-refractivity contribution in [2.75, 3.05) is 11.9 Å². The molecule has 1 saturated heterocycles. The van der Waals surface area contributed by atoms with Crippen LogP contribution in [0.25, 0.3) is 11.2 Å². The highest BCUT2D eigenvalue weighted by atomic mass is 19.1. The molecule has 2 aromatic heterocycles. The predicted octanol–water partition coefficient (Wildman–Crippen LogP) is 0.956. The number of amides is 1. The number of imidazole rings is 1. The molecule has 3 heterocycles. The molecule has 1 aliphatic heterocycles. The van der Waals surface area contributed by atoms with Crippen LogP contribution in [0.4, 0.5) is 15.0 Å². The molecule has 3 rings (SSSR count). The Morgan fingerprint density at radius 3 is 2.86 bits per heavy atom. The molecule has 1 amide bonds. The molecule has 0 unspecified atom stereocenters. The van der Waals surface area contributed by atoms with E-state index in [-0.39, 0.29) is 23.4 Å². The summed E-state index contributed by atoms with van der Waals surface area (Å²) in [6.45, 7) is 4.43. The molecular weight excluding hydrogens is 373 g/mol. The van der Waals surface area contributed by atoms with Crippen LogP contribution in [-0.2, 0) is 9.47 Å². The highest BCUT2D eigenvalue weighted by Crippen LogP contribution is 2.38. The van der Waals surface area contributed by atoms with E-state index in [1.54, 1.807) is 20.8 Å². The summed E-state index contributed by atoms with van der Waals surface area (Å²) in [5.74, 6) is 2.08. The second kappa shape index (κ2) is 6.97. The molecule has 0 aromatic carbocycles. The van der Waals surface area contributed by atoms with Crippen LogP contribution in [0.3, 0.4) is 0 Å². The van der Waals surface area contributed by atoms with E-state index < -0.39 is 42.3 Å². The summed E-state index contributed by atoms with van der Waals surface area (Å²) in [4.78, 5) is 23.3. The molecule has 11 heteroatoms. The molecule has 1 fully saturated rings. The molecule has 0 spiro atoms. The van der Waals surface area contributed by atoms with E-state index in [1.807, 2.05) is 0 Å². The largest absolute Gasteiger partial charge is 0.444 e. The van der Waals surface area contributed by atoms with E-state index >= 15 is 0 Å². The maximum Gasteiger partial charge on any atom is 0.413 e. The lowest BCUT2D eigenvalue weighted by atomic mass is 9.99. The number of anilines is 1. The van der Waals surface area contributed by atoms with Crippen molar-refractivity contribution in [1.29, 1.82) is 0 Å². The molecule has 150 valence electrons. The first-order valence-corrected chi connectivity index (χ1v) is 8.43. The number of terminal acetylenes is 1. The minimum atomic E-state index is -1.58. The standard InChI is InChI=1S/C17H20FN5O5/c1-5-17(7-24)9(25)6-10(27-17)23-8-19-12-11(23)13(21-14(18)20-12)22-15(26)28-16(2,3)4/h1,8-10,24-25H,6-7H2,2-4H3,(H,20,21,22,26)/t9-,10+,17+/m0/s1. The number of nitrogens with zero attached hydrogens (tertiary/aromatic N) is 4. The van der Waals surface area contributed by atoms with Crippen molar-refractivity contribution in [3.63, 3.8) is 0 Å². The van der Waals surface area contributed by atoms with Gasteiger partial charge in [-0.2, -0.15) is 14.4 Å². The molecule has 0 saturated carbocycles. The number of aliphatic hydroxyl groups excluding tert-OH is 2. The van der Waals surface area contributed by atoms with Crippen LogP contribution >= 0.6 is 0 Å². The van der Waals surface area contributed by atoms with Gasteiger partial charge in [-0.3, -0.25) is 9.88 Å². The second-order valence-electron chi connectivity index (χ2n) is 7.31. The summed E-state index contributed by atoms with van der Waals surface area (Å²) in [6.07, 6.45) is 2.79. The van der Waals surface area contributed by atoms with Crippen LogP contribution in [0.1, 0.15) is 33.4 Å². The minimum Gasteiger partial charge on any atom is -0.444 e. The van der Waals surface area contributed by atoms with Gasteiger partial charge in [0.1, 0.15) is 23.4 Å². The number of halogens is 1. The lowest BCUT2D eigenvalue weighted by Crippen LogP contribution is -2.41. The Morgan fingerprint density at radius 1 is 1.57 bits per heavy atom. The number of rotatable bonds is 3. The fraction of sp³-hybridized carbons (Fsp3) is 0.529.